The number of hydrogen-bond donors (Lipinski definition) is 2. The average Bonchev–Trinajstić information content (AvgIpc) is 2.92. The number of nitrogens with zero attached hydrogens (tertiary/aromatic N) is 3. The molecular formula is C13H17N5O. The lowest BCUT2D eigenvalue weighted by molar-refractivity contribution is 0.0782. The quantitative estimate of drug-likeness (QED) is 0.853. The lowest BCUT2D eigenvalue weighted by atomic mass is 10.2. The fraction of sp³-hybridized carbons (Fsp3) is 0.308. The molecule has 0 saturated heterocycles. The predicted octanol–water partition coefficient (Wildman–Crippen LogP) is 1.51. The minimum absolute atomic E-state index is 0.0829. The normalized spacial score (nSPS) is 10.2. The molecule has 6 nitrogen and oxygen atoms in total. The highest BCUT2D eigenvalue weighted by Gasteiger charge is 2.16. The molecule has 0 aliphatic heterocycles. The summed E-state index contributed by atoms with van der Waals surface area (Å²) < 4.78 is 0. The van der Waals surface area contributed by atoms with Crippen LogP contribution in [0.5, 0.6) is 0 Å². The van der Waals surface area contributed by atoms with Gasteiger partial charge in [-0.15, -0.1) is 0 Å². The summed E-state index contributed by atoms with van der Waals surface area (Å²) >= 11 is 0. The maximum atomic E-state index is 12.4. The smallest absolute Gasteiger partial charge is 0.257 e. The highest BCUT2D eigenvalue weighted by Crippen LogP contribution is 2.15. The molecule has 1 amide bonds. The molecule has 0 atom stereocenters. The van der Waals surface area contributed by atoms with Crippen molar-refractivity contribution >= 4 is 11.6 Å². The number of imidazole rings is 1. The maximum absolute atomic E-state index is 12.4. The summed E-state index contributed by atoms with van der Waals surface area (Å²) in [7, 11) is 1.74. The number of anilines is 1. The van der Waals surface area contributed by atoms with Crippen molar-refractivity contribution in [1.29, 1.82) is 0 Å². The number of carbonyl (C=O) groups excluding carboxylic acids is 1. The Bertz CT molecular complexity index is 538. The zero-order valence-electron chi connectivity index (χ0n) is 11.1. The van der Waals surface area contributed by atoms with Crippen molar-refractivity contribution < 1.29 is 4.79 Å². The second-order valence-electron chi connectivity index (χ2n) is 4.15. The number of carbonyl (C=O) groups is 1. The van der Waals surface area contributed by atoms with E-state index >= 15 is 0 Å². The first-order valence-corrected chi connectivity index (χ1v) is 6.14. The van der Waals surface area contributed by atoms with Gasteiger partial charge < -0.3 is 15.2 Å². The molecule has 0 spiro atoms. The van der Waals surface area contributed by atoms with Crippen molar-refractivity contribution in [2.24, 2.45) is 0 Å². The zero-order valence-corrected chi connectivity index (χ0v) is 11.1. The fourth-order valence-corrected chi connectivity index (χ4v) is 1.80. The Morgan fingerprint density at radius 3 is 3.00 bits per heavy atom. The van der Waals surface area contributed by atoms with E-state index in [4.69, 9.17) is 0 Å². The fourth-order valence-electron chi connectivity index (χ4n) is 1.80. The molecule has 19 heavy (non-hydrogen) atoms. The number of aromatic amines is 1. The minimum Gasteiger partial charge on any atom is -0.385 e. The van der Waals surface area contributed by atoms with Crippen LogP contribution in [0.25, 0.3) is 0 Å². The van der Waals surface area contributed by atoms with E-state index in [1.165, 1.54) is 0 Å². The molecule has 0 bridgehead atoms. The Labute approximate surface area is 111 Å². The zero-order chi connectivity index (χ0) is 13.7. The van der Waals surface area contributed by atoms with Crippen LogP contribution in [0.2, 0.25) is 0 Å². The Kier molecular flexibility index (Phi) is 4.12. The van der Waals surface area contributed by atoms with E-state index in [0.717, 1.165) is 18.1 Å². The van der Waals surface area contributed by atoms with Crippen LogP contribution >= 0.6 is 0 Å². The van der Waals surface area contributed by atoms with Gasteiger partial charge in [0.1, 0.15) is 5.82 Å². The summed E-state index contributed by atoms with van der Waals surface area (Å²) in [6, 6.07) is 1.80. The highest BCUT2D eigenvalue weighted by atomic mass is 16.2. The standard InChI is InChI=1S/C13H17N5O/c1-3-15-11-4-5-14-8-10(11)13(19)18(2)9-12-16-6-7-17-12/h4-8H,3,9H2,1-2H3,(H,14,15)(H,16,17). The number of rotatable bonds is 5. The van der Waals surface area contributed by atoms with Crippen molar-refractivity contribution in [1.82, 2.24) is 19.9 Å². The van der Waals surface area contributed by atoms with Crippen LogP contribution in [0.3, 0.4) is 0 Å². The molecule has 0 fully saturated rings. The Hall–Kier alpha value is -2.37. The lowest BCUT2D eigenvalue weighted by Crippen LogP contribution is -2.27. The van der Waals surface area contributed by atoms with Crippen LogP contribution in [0.4, 0.5) is 5.69 Å². The summed E-state index contributed by atoms with van der Waals surface area (Å²) in [6.07, 6.45) is 6.66. The first-order chi connectivity index (χ1) is 9.22. The monoisotopic (exact) mass is 259 g/mol. The van der Waals surface area contributed by atoms with Crippen molar-refractivity contribution in [3.05, 3.63) is 42.2 Å². The predicted molar refractivity (Wildman–Crippen MR) is 72.8 cm³/mol. The number of hydrogen-bond acceptors (Lipinski definition) is 4. The minimum atomic E-state index is -0.0829. The first kappa shape index (κ1) is 13.1. The molecule has 0 aliphatic rings. The molecular weight excluding hydrogens is 242 g/mol. The van der Waals surface area contributed by atoms with Crippen LogP contribution in [0.15, 0.2) is 30.9 Å². The average molecular weight is 259 g/mol. The van der Waals surface area contributed by atoms with Crippen LogP contribution in [0.1, 0.15) is 23.1 Å². The van der Waals surface area contributed by atoms with Crippen molar-refractivity contribution in [2.75, 3.05) is 18.9 Å². The van der Waals surface area contributed by atoms with Gasteiger partial charge in [-0.3, -0.25) is 9.78 Å². The van der Waals surface area contributed by atoms with Gasteiger partial charge in [0.15, 0.2) is 0 Å². The van der Waals surface area contributed by atoms with E-state index in [9.17, 15) is 4.79 Å². The van der Waals surface area contributed by atoms with Crippen molar-refractivity contribution in [3.63, 3.8) is 0 Å². The van der Waals surface area contributed by atoms with Crippen LogP contribution in [-0.4, -0.2) is 39.4 Å². The lowest BCUT2D eigenvalue weighted by Gasteiger charge is -2.17. The Morgan fingerprint density at radius 2 is 2.32 bits per heavy atom. The maximum Gasteiger partial charge on any atom is 0.257 e. The summed E-state index contributed by atoms with van der Waals surface area (Å²) in [6.45, 7) is 3.18. The van der Waals surface area contributed by atoms with E-state index < -0.39 is 0 Å². The van der Waals surface area contributed by atoms with Crippen LogP contribution in [0, 0.1) is 0 Å². The van der Waals surface area contributed by atoms with E-state index in [2.05, 4.69) is 20.3 Å². The van der Waals surface area contributed by atoms with Crippen molar-refractivity contribution in [2.45, 2.75) is 13.5 Å². The van der Waals surface area contributed by atoms with Gasteiger partial charge in [0.2, 0.25) is 0 Å². The molecule has 2 rings (SSSR count). The molecule has 0 radical (unpaired) electrons. The van der Waals surface area contributed by atoms with Gasteiger partial charge in [-0.25, -0.2) is 4.98 Å². The molecule has 2 aromatic heterocycles. The molecule has 0 aliphatic carbocycles. The van der Waals surface area contributed by atoms with Crippen molar-refractivity contribution in [3.8, 4) is 0 Å². The van der Waals surface area contributed by atoms with Gasteiger partial charge in [0, 0.05) is 38.4 Å². The van der Waals surface area contributed by atoms with Crippen LogP contribution in [-0.2, 0) is 6.54 Å². The molecule has 100 valence electrons. The molecule has 2 aromatic rings. The van der Waals surface area contributed by atoms with Gasteiger partial charge in [-0.05, 0) is 13.0 Å². The Balaban J connectivity index is 2.14. The van der Waals surface area contributed by atoms with Gasteiger partial charge in [-0.1, -0.05) is 0 Å². The van der Waals surface area contributed by atoms with Gasteiger partial charge >= 0.3 is 0 Å². The van der Waals surface area contributed by atoms with E-state index in [1.54, 1.807) is 42.8 Å². The largest absolute Gasteiger partial charge is 0.385 e. The van der Waals surface area contributed by atoms with E-state index in [-0.39, 0.29) is 5.91 Å². The number of aromatic nitrogens is 3. The molecule has 2 heterocycles. The number of H-pyrrole nitrogens is 1. The third kappa shape index (κ3) is 3.09. The molecule has 0 saturated carbocycles. The summed E-state index contributed by atoms with van der Waals surface area (Å²) in [5.74, 6) is 0.671. The third-order valence-corrected chi connectivity index (χ3v) is 2.71. The SMILES string of the molecule is CCNc1ccncc1C(=O)N(C)Cc1ncc[nH]1. The second kappa shape index (κ2) is 5.99. The summed E-state index contributed by atoms with van der Waals surface area (Å²) in [5.41, 5.74) is 1.37. The topological polar surface area (TPSA) is 73.9 Å². The van der Waals surface area contributed by atoms with Gasteiger partial charge in [0.05, 0.1) is 17.8 Å². The first-order valence-electron chi connectivity index (χ1n) is 6.14. The van der Waals surface area contributed by atoms with E-state index in [1.807, 2.05) is 6.92 Å². The highest BCUT2D eigenvalue weighted by molar-refractivity contribution is 5.99. The second-order valence-corrected chi connectivity index (χ2v) is 4.15. The third-order valence-electron chi connectivity index (χ3n) is 2.71. The summed E-state index contributed by atoms with van der Waals surface area (Å²) in [5, 5.41) is 3.16. The van der Waals surface area contributed by atoms with Gasteiger partial charge in [-0.2, -0.15) is 0 Å². The molecule has 6 heteroatoms. The number of pyridine rings is 1. The van der Waals surface area contributed by atoms with Gasteiger partial charge in [0.25, 0.3) is 5.91 Å². The molecule has 0 aromatic carbocycles. The number of amides is 1. The number of nitrogens with one attached hydrogen (secondary N) is 2. The van der Waals surface area contributed by atoms with Crippen LogP contribution < -0.4 is 5.32 Å². The Morgan fingerprint density at radius 1 is 1.47 bits per heavy atom. The van der Waals surface area contributed by atoms with E-state index in [0.29, 0.717) is 12.1 Å². The molecule has 2 N–H and O–H groups in total. The molecule has 0 unspecified atom stereocenters. The summed E-state index contributed by atoms with van der Waals surface area (Å²) in [4.78, 5) is 25.1.